The predicted molar refractivity (Wildman–Crippen MR) is 107 cm³/mol. The minimum atomic E-state index is -0.326. The molecule has 7 heteroatoms. The number of hydrazone groups is 1. The number of benzene rings is 2. The van der Waals surface area contributed by atoms with Gasteiger partial charge in [-0.1, -0.05) is 48.5 Å². The highest BCUT2D eigenvalue weighted by molar-refractivity contribution is 6.44. The maximum Gasteiger partial charge on any atom is 0.271 e. The molecule has 1 aromatic heterocycles. The van der Waals surface area contributed by atoms with E-state index >= 15 is 0 Å². The molecule has 0 fully saturated rings. The van der Waals surface area contributed by atoms with Crippen LogP contribution in [-0.2, 0) is 16.1 Å². The van der Waals surface area contributed by atoms with E-state index in [9.17, 15) is 9.59 Å². The van der Waals surface area contributed by atoms with E-state index in [4.69, 9.17) is 0 Å². The van der Waals surface area contributed by atoms with Gasteiger partial charge in [-0.3, -0.25) is 14.3 Å². The first-order valence-corrected chi connectivity index (χ1v) is 9.02. The Bertz CT molecular complexity index is 1010. The van der Waals surface area contributed by atoms with Gasteiger partial charge < -0.3 is 5.32 Å². The summed E-state index contributed by atoms with van der Waals surface area (Å²) in [6.07, 6.45) is 3.93. The Morgan fingerprint density at radius 3 is 2.46 bits per heavy atom. The van der Waals surface area contributed by atoms with E-state index in [-0.39, 0.29) is 18.2 Å². The largest absolute Gasteiger partial charge is 0.318 e. The lowest BCUT2D eigenvalue weighted by Gasteiger charge is -2.22. The summed E-state index contributed by atoms with van der Waals surface area (Å²) in [5.41, 5.74) is 2.68. The number of para-hydroxylation sites is 1. The molecule has 0 unspecified atom stereocenters. The van der Waals surface area contributed by atoms with Crippen molar-refractivity contribution >= 4 is 28.9 Å². The molecule has 4 rings (SSSR count). The van der Waals surface area contributed by atoms with E-state index in [1.165, 1.54) is 5.01 Å². The molecular formula is C21H19N5O2. The molecule has 0 radical (unpaired) electrons. The lowest BCUT2D eigenvalue weighted by molar-refractivity contribution is -0.118. The highest BCUT2D eigenvalue weighted by Crippen LogP contribution is 2.20. The molecule has 140 valence electrons. The van der Waals surface area contributed by atoms with Crippen molar-refractivity contribution in [2.75, 3.05) is 10.3 Å². The Balaban J connectivity index is 1.45. The van der Waals surface area contributed by atoms with E-state index in [1.54, 1.807) is 29.2 Å². The van der Waals surface area contributed by atoms with Gasteiger partial charge in [0, 0.05) is 19.0 Å². The maximum absolute atomic E-state index is 12.6. The summed E-state index contributed by atoms with van der Waals surface area (Å²) < 4.78 is 1.76. The molecule has 2 heterocycles. The number of anilines is 2. The number of carbonyl (C=O) groups is 2. The van der Waals surface area contributed by atoms with E-state index in [0.29, 0.717) is 30.1 Å². The third kappa shape index (κ3) is 3.98. The number of carbonyl (C=O) groups excluding carboxylic acids is 2. The topological polar surface area (TPSA) is 79.6 Å². The first-order chi connectivity index (χ1) is 13.7. The summed E-state index contributed by atoms with van der Waals surface area (Å²) >= 11 is 0. The Morgan fingerprint density at radius 2 is 1.71 bits per heavy atom. The fourth-order valence-electron chi connectivity index (χ4n) is 2.98. The number of amides is 2. The van der Waals surface area contributed by atoms with Crippen LogP contribution in [0.3, 0.4) is 0 Å². The van der Waals surface area contributed by atoms with Gasteiger partial charge in [-0.25, -0.2) is 5.01 Å². The van der Waals surface area contributed by atoms with E-state index in [0.717, 1.165) is 5.56 Å². The molecule has 0 saturated heterocycles. The van der Waals surface area contributed by atoms with E-state index in [1.807, 2.05) is 48.5 Å². The van der Waals surface area contributed by atoms with Crippen LogP contribution in [-0.4, -0.2) is 27.3 Å². The molecule has 2 amide bonds. The van der Waals surface area contributed by atoms with Gasteiger partial charge in [0.2, 0.25) is 5.91 Å². The molecule has 0 bridgehead atoms. The Hall–Kier alpha value is -3.74. The van der Waals surface area contributed by atoms with Crippen LogP contribution in [0.2, 0.25) is 0 Å². The molecule has 28 heavy (non-hydrogen) atoms. The van der Waals surface area contributed by atoms with Crippen molar-refractivity contribution < 1.29 is 9.59 Å². The van der Waals surface area contributed by atoms with Crippen LogP contribution in [0.25, 0.3) is 0 Å². The molecule has 0 saturated carbocycles. The maximum atomic E-state index is 12.6. The van der Waals surface area contributed by atoms with Crippen molar-refractivity contribution in [2.45, 2.75) is 19.4 Å². The summed E-state index contributed by atoms with van der Waals surface area (Å²) in [6.45, 7) is 0.619. The average Bonchev–Trinajstić information content (AvgIpc) is 3.16. The first-order valence-electron chi connectivity index (χ1n) is 9.02. The Labute approximate surface area is 162 Å². The SMILES string of the molecule is O=C(Nc1cnn(Cc2ccccc2)c1)C1=NN(c2ccccc2)C(=O)CC1. The van der Waals surface area contributed by atoms with Gasteiger partial charge in [0.15, 0.2) is 0 Å². The number of hydrogen-bond donors (Lipinski definition) is 1. The molecule has 1 N–H and O–H groups in total. The van der Waals surface area contributed by atoms with Crippen molar-refractivity contribution in [3.8, 4) is 0 Å². The Morgan fingerprint density at radius 1 is 1.00 bits per heavy atom. The van der Waals surface area contributed by atoms with Gasteiger partial charge in [0.05, 0.1) is 24.1 Å². The summed E-state index contributed by atoms with van der Waals surface area (Å²) in [7, 11) is 0. The smallest absolute Gasteiger partial charge is 0.271 e. The molecule has 0 atom stereocenters. The summed E-state index contributed by atoms with van der Waals surface area (Å²) in [5, 5.41) is 12.6. The van der Waals surface area contributed by atoms with Crippen LogP contribution in [0.15, 0.2) is 78.2 Å². The van der Waals surface area contributed by atoms with Crippen LogP contribution >= 0.6 is 0 Å². The third-order valence-corrected chi connectivity index (χ3v) is 4.37. The van der Waals surface area contributed by atoms with Gasteiger partial charge >= 0.3 is 0 Å². The van der Waals surface area contributed by atoms with Crippen molar-refractivity contribution in [1.29, 1.82) is 0 Å². The molecular weight excluding hydrogens is 354 g/mol. The molecule has 1 aliphatic heterocycles. The highest BCUT2D eigenvalue weighted by atomic mass is 16.2. The molecule has 0 spiro atoms. The molecule has 2 aromatic carbocycles. The van der Waals surface area contributed by atoms with Gasteiger partial charge in [0.25, 0.3) is 5.91 Å². The zero-order chi connectivity index (χ0) is 19.3. The number of nitrogens with zero attached hydrogens (tertiary/aromatic N) is 4. The number of aromatic nitrogens is 2. The highest BCUT2D eigenvalue weighted by Gasteiger charge is 2.25. The number of hydrogen-bond acceptors (Lipinski definition) is 4. The summed E-state index contributed by atoms with van der Waals surface area (Å²) in [6, 6.07) is 19.0. The fraction of sp³-hybridized carbons (Fsp3) is 0.143. The fourth-order valence-corrected chi connectivity index (χ4v) is 2.98. The second kappa shape index (κ2) is 7.87. The van der Waals surface area contributed by atoms with Gasteiger partial charge in [0.1, 0.15) is 5.71 Å². The van der Waals surface area contributed by atoms with Crippen molar-refractivity contribution in [1.82, 2.24) is 9.78 Å². The third-order valence-electron chi connectivity index (χ3n) is 4.37. The van der Waals surface area contributed by atoms with Gasteiger partial charge in [-0.2, -0.15) is 10.2 Å². The zero-order valence-electron chi connectivity index (χ0n) is 15.2. The predicted octanol–water partition coefficient (Wildman–Crippen LogP) is 3.05. The van der Waals surface area contributed by atoms with E-state index < -0.39 is 0 Å². The Kier molecular flexibility index (Phi) is 4.97. The number of nitrogens with one attached hydrogen (secondary N) is 1. The zero-order valence-corrected chi connectivity index (χ0v) is 15.2. The molecule has 0 aliphatic carbocycles. The van der Waals surface area contributed by atoms with Crippen molar-refractivity contribution in [2.24, 2.45) is 5.10 Å². The summed E-state index contributed by atoms with van der Waals surface area (Å²) in [4.78, 5) is 24.8. The minimum absolute atomic E-state index is 0.126. The second-order valence-corrected chi connectivity index (χ2v) is 6.45. The van der Waals surface area contributed by atoms with Gasteiger partial charge in [-0.05, 0) is 17.7 Å². The van der Waals surface area contributed by atoms with Crippen molar-refractivity contribution in [3.05, 3.63) is 78.6 Å². The monoisotopic (exact) mass is 373 g/mol. The lowest BCUT2D eigenvalue weighted by Crippen LogP contribution is -2.36. The van der Waals surface area contributed by atoms with Crippen LogP contribution in [0.4, 0.5) is 11.4 Å². The van der Waals surface area contributed by atoms with Crippen LogP contribution in [0.5, 0.6) is 0 Å². The van der Waals surface area contributed by atoms with Crippen LogP contribution in [0, 0.1) is 0 Å². The summed E-state index contributed by atoms with van der Waals surface area (Å²) in [5.74, 6) is -0.453. The molecule has 3 aromatic rings. The average molecular weight is 373 g/mol. The first kappa shape index (κ1) is 17.7. The quantitative estimate of drug-likeness (QED) is 0.746. The normalized spacial score (nSPS) is 13.9. The second-order valence-electron chi connectivity index (χ2n) is 6.45. The van der Waals surface area contributed by atoms with E-state index in [2.05, 4.69) is 15.5 Å². The van der Waals surface area contributed by atoms with Gasteiger partial charge in [-0.15, -0.1) is 0 Å². The number of rotatable bonds is 5. The minimum Gasteiger partial charge on any atom is -0.318 e. The van der Waals surface area contributed by atoms with Crippen molar-refractivity contribution in [3.63, 3.8) is 0 Å². The molecule has 7 nitrogen and oxygen atoms in total. The van der Waals surface area contributed by atoms with Crippen LogP contribution < -0.4 is 10.3 Å². The lowest BCUT2D eigenvalue weighted by atomic mass is 10.1. The van der Waals surface area contributed by atoms with Crippen LogP contribution in [0.1, 0.15) is 18.4 Å². The standard InChI is InChI=1S/C21H19N5O2/c27-20-12-11-19(24-26(20)18-9-5-2-6-10-18)21(28)23-17-13-22-25(15-17)14-16-7-3-1-4-8-16/h1-10,13,15H,11-12,14H2,(H,23,28). The molecule has 1 aliphatic rings.